The molecule has 1 aromatic rings. The van der Waals surface area contributed by atoms with E-state index in [1.165, 1.54) is 0 Å². The normalized spacial score (nSPS) is 11.8. The van der Waals surface area contributed by atoms with E-state index >= 15 is 0 Å². The molecule has 110 valence electrons. The fourth-order valence-electron chi connectivity index (χ4n) is 1.54. The molecule has 0 aliphatic heterocycles. The molecule has 1 atom stereocenters. The van der Waals surface area contributed by atoms with Gasteiger partial charge in [0.15, 0.2) is 0 Å². The van der Waals surface area contributed by atoms with Crippen molar-refractivity contribution in [2.75, 3.05) is 11.9 Å². The highest BCUT2D eigenvalue weighted by molar-refractivity contribution is 6.33. The van der Waals surface area contributed by atoms with Crippen molar-refractivity contribution in [2.24, 2.45) is 5.73 Å². The SMILES string of the molecule is Cc1ccc(NC(=O)CNC(=O)CCC(C)N)c(Cl)c1. The van der Waals surface area contributed by atoms with Gasteiger partial charge in [0.1, 0.15) is 0 Å². The molecule has 1 rings (SSSR count). The molecular weight excluding hydrogens is 278 g/mol. The van der Waals surface area contributed by atoms with E-state index in [-0.39, 0.29) is 24.4 Å². The summed E-state index contributed by atoms with van der Waals surface area (Å²) in [7, 11) is 0. The van der Waals surface area contributed by atoms with E-state index in [0.717, 1.165) is 5.56 Å². The fraction of sp³-hybridized carbons (Fsp3) is 0.429. The maximum atomic E-state index is 11.7. The Balaban J connectivity index is 2.38. The summed E-state index contributed by atoms with van der Waals surface area (Å²) in [5, 5.41) is 5.66. The first kappa shape index (κ1) is 16.5. The Labute approximate surface area is 123 Å². The minimum Gasteiger partial charge on any atom is -0.347 e. The van der Waals surface area contributed by atoms with Gasteiger partial charge >= 0.3 is 0 Å². The predicted molar refractivity (Wildman–Crippen MR) is 80.7 cm³/mol. The maximum absolute atomic E-state index is 11.7. The van der Waals surface area contributed by atoms with Gasteiger partial charge in [0.05, 0.1) is 17.3 Å². The van der Waals surface area contributed by atoms with Gasteiger partial charge in [-0.2, -0.15) is 0 Å². The Morgan fingerprint density at radius 2 is 2.05 bits per heavy atom. The number of rotatable bonds is 6. The molecule has 0 heterocycles. The fourth-order valence-corrected chi connectivity index (χ4v) is 1.82. The number of carbonyl (C=O) groups is 2. The number of nitrogens with two attached hydrogens (primary N) is 1. The van der Waals surface area contributed by atoms with Gasteiger partial charge < -0.3 is 16.4 Å². The van der Waals surface area contributed by atoms with Crippen LogP contribution in [0.15, 0.2) is 18.2 Å². The summed E-state index contributed by atoms with van der Waals surface area (Å²) >= 11 is 6.00. The molecule has 2 amide bonds. The van der Waals surface area contributed by atoms with Crippen LogP contribution >= 0.6 is 11.6 Å². The standard InChI is InChI=1S/C14H20ClN3O2/c1-9-3-5-12(11(15)7-9)18-14(20)8-17-13(19)6-4-10(2)16/h3,5,7,10H,4,6,8,16H2,1-2H3,(H,17,19)(H,18,20). The van der Waals surface area contributed by atoms with Crippen LogP contribution in [0.1, 0.15) is 25.3 Å². The summed E-state index contributed by atoms with van der Waals surface area (Å²) in [6, 6.07) is 5.31. The average molecular weight is 298 g/mol. The van der Waals surface area contributed by atoms with Crippen LogP contribution in [0.4, 0.5) is 5.69 Å². The lowest BCUT2D eigenvalue weighted by Crippen LogP contribution is -2.33. The average Bonchev–Trinajstić information content (AvgIpc) is 2.37. The Kier molecular flexibility index (Phi) is 6.48. The van der Waals surface area contributed by atoms with E-state index < -0.39 is 0 Å². The molecule has 6 heteroatoms. The third kappa shape index (κ3) is 6.04. The first-order chi connectivity index (χ1) is 9.38. The number of hydrogen-bond donors (Lipinski definition) is 3. The van der Waals surface area contributed by atoms with E-state index in [2.05, 4.69) is 10.6 Å². The summed E-state index contributed by atoms with van der Waals surface area (Å²) in [4.78, 5) is 23.1. The molecule has 0 saturated heterocycles. The van der Waals surface area contributed by atoms with Crippen molar-refractivity contribution in [3.05, 3.63) is 28.8 Å². The van der Waals surface area contributed by atoms with Gasteiger partial charge in [0.2, 0.25) is 11.8 Å². The maximum Gasteiger partial charge on any atom is 0.243 e. The van der Waals surface area contributed by atoms with Gasteiger partial charge in [-0.3, -0.25) is 9.59 Å². The van der Waals surface area contributed by atoms with E-state index in [1.807, 2.05) is 19.9 Å². The summed E-state index contributed by atoms with van der Waals surface area (Å²) in [6.07, 6.45) is 0.910. The van der Waals surface area contributed by atoms with Crippen molar-refractivity contribution in [3.8, 4) is 0 Å². The molecule has 0 radical (unpaired) electrons. The molecule has 20 heavy (non-hydrogen) atoms. The summed E-state index contributed by atoms with van der Waals surface area (Å²) in [6.45, 7) is 3.66. The van der Waals surface area contributed by atoms with Crippen LogP contribution in [-0.4, -0.2) is 24.4 Å². The molecule has 4 N–H and O–H groups in total. The van der Waals surface area contributed by atoms with E-state index in [0.29, 0.717) is 23.6 Å². The molecule has 0 fully saturated rings. The van der Waals surface area contributed by atoms with Crippen LogP contribution in [-0.2, 0) is 9.59 Å². The van der Waals surface area contributed by atoms with Gasteiger partial charge in [-0.05, 0) is 38.0 Å². The zero-order valence-corrected chi connectivity index (χ0v) is 12.5. The molecule has 1 aromatic carbocycles. The second-order valence-corrected chi connectivity index (χ2v) is 5.23. The van der Waals surface area contributed by atoms with Crippen molar-refractivity contribution in [1.82, 2.24) is 5.32 Å². The smallest absolute Gasteiger partial charge is 0.243 e. The van der Waals surface area contributed by atoms with Crippen LogP contribution in [0.5, 0.6) is 0 Å². The highest BCUT2D eigenvalue weighted by Crippen LogP contribution is 2.22. The molecule has 1 unspecified atom stereocenters. The third-order valence-electron chi connectivity index (χ3n) is 2.67. The van der Waals surface area contributed by atoms with Crippen molar-refractivity contribution in [1.29, 1.82) is 0 Å². The summed E-state index contributed by atoms with van der Waals surface area (Å²) in [5.41, 5.74) is 7.10. The van der Waals surface area contributed by atoms with Crippen molar-refractivity contribution < 1.29 is 9.59 Å². The zero-order chi connectivity index (χ0) is 15.1. The Hall–Kier alpha value is -1.59. The van der Waals surface area contributed by atoms with Crippen molar-refractivity contribution in [2.45, 2.75) is 32.7 Å². The van der Waals surface area contributed by atoms with Crippen LogP contribution < -0.4 is 16.4 Å². The number of hydrogen-bond acceptors (Lipinski definition) is 3. The van der Waals surface area contributed by atoms with Gasteiger partial charge in [0.25, 0.3) is 0 Å². The summed E-state index contributed by atoms with van der Waals surface area (Å²) < 4.78 is 0. The van der Waals surface area contributed by atoms with Crippen molar-refractivity contribution in [3.63, 3.8) is 0 Å². The molecule has 0 aliphatic carbocycles. The summed E-state index contributed by atoms with van der Waals surface area (Å²) in [5.74, 6) is -0.502. The number of amides is 2. The van der Waals surface area contributed by atoms with Crippen molar-refractivity contribution >= 4 is 29.1 Å². The van der Waals surface area contributed by atoms with Crippen LogP contribution in [0.25, 0.3) is 0 Å². The highest BCUT2D eigenvalue weighted by atomic mass is 35.5. The molecule has 0 spiro atoms. The number of carbonyl (C=O) groups excluding carboxylic acids is 2. The molecule has 0 saturated carbocycles. The molecule has 0 bridgehead atoms. The number of halogens is 1. The number of anilines is 1. The quantitative estimate of drug-likeness (QED) is 0.749. The Morgan fingerprint density at radius 1 is 1.35 bits per heavy atom. The Morgan fingerprint density at radius 3 is 2.65 bits per heavy atom. The van der Waals surface area contributed by atoms with Crippen LogP contribution in [0.3, 0.4) is 0 Å². The molecular formula is C14H20ClN3O2. The molecule has 0 aromatic heterocycles. The first-order valence-electron chi connectivity index (χ1n) is 6.46. The van der Waals surface area contributed by atoms with E-state index in [1.54, 1.807) is 12.1 Å². The van der Waals surface area contributed by atoms with Gasteiger partial charge in [0, 0.05) is 12.5 Å². The molecule has 5 nitrogen and oxygen atoms in total. The van der Waals surface area contributed by atoms with Crippen LogP contribution in [0.2, 0.25) is 5.02 Å². The largest absolute Gasteiger partial charge is 0.347 e. The van der Waals surface area contributed by atoms with E-state index in [4.69, 9.17) is 17.3 Å². The highest BCUT2D eigenvalue weighted by Gasteiger charge is 2.08. The van der Waals surface area contributed by atoms with E-state index in [9.17, 15) is 9.59 Å². The second kappa shape index (κ2) is 7.87. The van der Waals surface area contributed by atoms with Gasteiger partial charge in [-0.25, -0.2) is 0 Å². The lowest BCUT2D eigenvalue weighted by atomic mass is 10.2. The molecule has 0 aliphatic rings. The third-order valence-corrected chi connectivity index (χ3v) is 2.98. The zero-order valence-electron chi connectivity index (χ0n) is 11.7. The lowest BCUT2D eigenvalue weighted by molar-refractivity contribution is -0.124. The minimum atomic E-state index is -0.315. The van der Waals surface area contributed by atoms with Gasteiger partial charge in [-0.15, -0.1) is 0 Å². The Bertz CT molecular complexity index is 489. The topological polar surface area (TPSA) is 84.2 Å². The lowest BCUT2D eigenvalue weighted by Gasteiger charge is -2.09. The number of nitrogens with one attached hydrogen (secondary N) is 2. The predicted octanol–water partition coefficient (Wildman–Crippen LogP) is 1.83. The second-order valence-electron chi connectivity index (χ2n) is 4.82. The monoisotopic (exact) mass is 297 g/mol. The number of benzene rings is 1. The number of aryl methyl sites for hydroxylation is 1. The first-order valence-corrected chi connectivity index (χ1v) is 6.84. The van der Waals surface area contributed by atoms with Crippen LogP contribution in [0, 0.1) is 6.92 Å². The minimum absolute atomic E-state index is 0.0269. The van der Waals surface area contributed by atoms with Gasteiger partial charge in [-0.1, -0.05) is 17.7 Å².